The normalized spacial score (nSPS) is 10.8. The Morgan fingerprint density at radius 2 is 1.38 bits per heavy atom. The Morgan fingerprint density at radius 1 is 0.735 bits per heavy atom. The number of benzene rings is 3. The second-order valence-electron chi connectivity index (χ2n) is 7.92. The lowest BCUT2D eigenvalue weighted by atomic mass is 10.0. The smallest absolute Gasteiger partial charge is 0.338 e. The maximum absolute atomic E-state index is 12.2. The first-order chi connectivity index (χ1) is 16.7. The third-order valence-electron chi connectivity index (χ3n) is 5.63. The summed E-state index contributed by atoms with van der Waals surface area (Å²) in [5.74, 6) is 0.228. The van der Waals surface area contributed by atoms with Crippen molar-refractivity contribution < 1.29 is 19.4 Å². The number of pyridine rings is 1. The molecule has 0 saturated carbocycles. The van der Waals surface area contributed by atoms with E-state index in [1.807, 2.05) is 108 Å². The molecule has 0 fully saturated rings. The molecule has 0 bridgehead atoms. The Bertz CT molecular complexity index is 1430. The van der Waals surface area contributed by atoms with Crippen LogP contribution in [0.2, 0.25) is 0 Å². The van der Waals surface area contributed by atoms with Gasteiger partial charge in [-0.15, -0.1) is 0 Å². The predicted molar refractivity (Wildman–Crippen MR) is 131 cm³/mol. The van der Waals surface area contributed by atoms with Crippen molar-refractivity contribution in [2.45, 2.75) is 13.2 Å². The molecule has 34 heavy (non-hydrogen) atoms. The van der Waals surface area contributed by atoms with Gasteiger partial charge in [-0.05, 0) is 35.4 Å². The number of carboxylic acid groups (broad SMARTS) is 1. The van der Waals surface area contributed by atoms with Gasteiger partial charge in [-0.25, -0.2) is 4.79 Å². The Balaban J connectivity index is 1.54. The van der Waals surface area contributed by atoms with Gasteiger partial charge in [-0.2, -0.15) is 0 Å². The summed E-state index contributed by atoms with van der Waals surface area (Å²) >= 11 is 0. The number of nitrogens with zero attached hydrogens (tertiary/aromatic N) is 1. The van der Waals surface area contributed by atoms with Gasteiger partial charge >= 0.3 is 5.97 Å². The van der Waals surface area contributed by atoms with Crippen molar-refractivity contribution in [2.75, 3.05) is 0 Å². The molecule has 1 N–H and O–H groups in total. The van der Waals surface area contributed by atoms with E-state index in [1.54, 1.807) is 6.07 Å². The second kappa shape index (κ2) is 9.55. The molecule has 0 radical (unpaired) electrons. The minimum atomic E-state index is -0.984. The molecule has 2 heterocycles. The van der Waals surface area contributed by atoms with E-state index in [0.717, 1.165) is 11.1 Å². The van der Waals surface area contributed by atoms with Gasteiger partial charge in [0.05, 0.1) is 11.1 Å². The summed E-state index contributed by atoms with van der Waals surface area (Å²) in [5.41, 5.74) is 4.24. The first kappa shape index (κ1) is 21.3. The van der Waals surface area contributed by atoms with Gasteiger partial charge in [-0.3, -0.25) is 0 Å². The van der Waals surface area contributed by atoms with Gasteiger partial charge in [0.1, 0.15) is 24.7 Å². The summed E-state index contributed by atoms with van der Waals surface area (Å²) in [4.78, 5) is 12.2. The van der Waals surface area contributed by atoms with E-state index in [9.17, 15) is 9.90 Å². The minimum absolute atomic E-state index is 0.239. The van der Waals surface area contributed by atoms with Crippen LogP contribution in [0.5, 0.6) is 11.5 Å². The van der Waals surface area contributed by atoms with Crippen LogP contribution in [0.25, 0.3) is 16.6 Å². The number of fused-ring (bicyclic) bond motifs is 1. The van der Waals surface area contributed by atoms with Crippen LogP contribution in [-0.2, 0) is 13.2 Å². The van der Waals surface area contributed by atoms with E-state index in [0.29, 0.717) is 41.4 Å². The van der Waals surface area contributed by atoms with E-state index >= 15 is 0 Å². The summed E-state index contributed by atoms with van der Waals surface area (Å²) in [6.45, 7) is 0.778. The third-order valence-corrected chi connectivity index (χ3v) is 5.63. The van der Waals surface area contributed by atoms with Crippen molar-refractivity contribution in [3.63, 3.8) is 0 Å². The van der Waals surface area contributed by atoms with Gasteiger partial charge < -0.3 is 19.0 Å². The highest BCUT2D eigenvalue weighted by Gasteiger charge is 2.21. The molecule has 5 aromatic rings. The Kier molecular flexibility index (Phi) is 5.99. The summed E-state index contributed by atoms with van der Waals surface area (Å²) < 4.78 is 14.0. The summed E-state index contributed by atoms with van der Waals surface area (Å²) in [6, 6.07) is 30.8. The fraction of sp³-hybridized carbons (Fsp3) is 0.0690. The molecule has 0 spiro atoms. The average molecular weight is 450 g/mol. The van der Waals surface area contributed by atoms with Crippen LogP contribution in [0.1, 0.15) is 21.5 Å². The number of hydrogen-bond donors (Lipinski definition) is 1. The van der Waals surface area contributed by atoms with Crippen LogP contribution in [0, 0.1) is 0 Å². The highest BCUT2D eigenvalue weighted by atomic mass is 16.5. The highest BCUT2D eigenvalue weighted by Crippen LogP contribution is 2.38. The molecule has 0 saturated heterocycles. The summed E-state index contributed by atoms with van der Waals surface area (Å²) in [7, 11) is 0. The zero-order valence-corrected chi connectivity index (χ0v) is 18.4. The molecular weight excluding hydrogens is 426 g/mol. The molecule has 5 heteroatoms. The van der Waals surface area contributed by atoms with Crippen LogP contribution in [-0.4, -0.2) is 15.5 Å². The summed E-state index contributed by atoms with van der Waals surface area (Å²) in [6.07, 6.45) is 3.67. The third kappa shape index (κ3) is 4.50. The summed E-state index contributed by atoms with van der Waals surface area (Å²) in [5, 5.41) is 10.00. The lowest BCUT2D eigenvalue weighted by Crippen LogP contribution is -2.01. The zero-order chi connectivity index (χ0) is 23.3. The largest absolute Gasteiger partial charge is 0.489 e. The van der Waals surface area contributed by atoms with Crippen LogP contribution < -0.4 is 9.47 Å². The number of aromatic carboxylic acids is 1. The minimum Gasteiger partial charge on any atom is -0.489 e. The molecule has 168 valence electrons. The van der Waals surface area contributed by atoms with Crippen molar-refractivity contribution in [3.8, 4) is 22.6 Å². The molecule has 2 aromatic heterocycles. The van der Waals surface area contributed by atoms with E-state index in [4.69, 9.17) is 9.47 Å². The standard InChI is InChI=1S/C29H23NO4/c31-29(32)28-25(18-30-16-8-7-13-26(28)30)24-15-14-23(33-19-21-9-3-1-4-10-21)17-27(24)34-20-22-11-5-2-6-12-22/h1-18H,19-20H2,(H,31,32). The molecule has 0 aliphatic carbocycles. The second-order valence-corrected chi connectivity index (χ2v) is 7.92. The maximum Gasteiger partial charge on any atom is 0.338 e. The molecule has 5 rings (SSSR count). The lowest BCUT2D eigenvalue weighted by molar-refractivity contribution is 0.0700. The molecular formula is C29H23NO4. The van der Waals surface area contributed by atoms with E-state index < -0.39 is 5.97 Å². The molecule has 5 nitrogen and oxygen atoms in total. The Morgan fingerprint density at radius 3 is 2.06 bits per heavy atom. The Hall–Kier alpha value is -4.51. The first-order valence-electron chi connectivity index (χ1n) is 11.0. The lowest BCUT2D eigenvalue weighted by Gasteiger charge is -2.14. The topological polar surface area (TPSA) is 60.2 Å². The molecule has 0 aliphatic rings. The molecule has 0 unspecified atom stereocenters. The van der Waals surface area contributed by atoms with E-state index in [2.05, 4.69) is 0 Å². The van der Waals surface area contributed by atoms with Crippen LogP contribution in [0.15, 0.2) is 109 Å². The van der Waals surface area contributed by atoms with Crippen molar-refractivity contribution in [1.82, 2.24) is 4.40 Å². The SMILES string of the molecule is O=C(O)c1c(-c2ccc(OCc3ccccc3)cc2OCc2ccccc2)cn2ccccc12. The monoisotopic (exact) mass is 449 g/mol. The maximum atomic E-state index is 12.2. The number of hydrogen-bond acceptors (Lipinski definition) is 3. The van der Waals surface area contributed by atoms with Gasteiger partial charge in [0.15, 0.2) is 0 Å². The van der Waals surface area contributed by atoms with E-state index in [1.165, 1.54) is 0 Å². The molecule has 0 amide bonds. The fourth-order valence-corrected chi connectivity index (χ4v) is 3.96. The van der Waals surface area contributed by atoms with Crippen molar-refractivity contribution in [1.29, 1.82) is 0 Å². The Labute approximate surface area is 197 Å². The van der Waals surface area contributed by atoms with E-state index in [-0.39, 0.29) is 5.56 Å². The first-order valence-corrected chi connectivity index (χ1v) is 11.0. The quantitative estimate of drug-likeness (QED) is 0.295. The number of carbonyl (C=O) groups is 1. The van der Waals surface area contributed by atoms with Gasteiger partial charge in [0.2, 0.25) is 0 Å². The number of ether oxygens (including phenoxy) is 2. The van der Waals surface area contributed by atoms with Gasteiger partial charge in [-0.1, -0.05) is 66.7 Å². The molecule has 0 atom stereocenters. The van der Waals surface area contributed by atoms with Crippen molar-refractivity contribution >= 4 is 11.5 Å². The number of carboxylic acids is 1. The predicted octanol–water partition coefficient (Wildman–Crippen LogP) is 6.46. The molecule has 3 aromatic carbocycles. The number of aromatic nitrogens is 1. The fourth-order valence-electron chi connectivity index (χ4n) is 3.96. The van der Waals surface area contributed by atoms with Crippen LogP contribution in [0.3, 0.4) is 0 Å². The van der Waals surface area contributed by atoms with Crippen LogP contribution in [0.4, 0.5) is 0 Å². The van der Waals surface area contributed by atoms with Crippen molar-refractivity contribution in [3.05, 3.63) is 126 Å². The van der Waals surface area contributed by atoms with Crippen molar-refractivity contribution in [2.24, 2.45) is 0 Å². The number of rotatable bonds is 8. The van der Waals surface area contributed by atoms with Crippen LogP contribution >= 0.6 is 0 Å². The zero-order valence-electron chi connectivity index (χ0n) is 18.4. The highest BCUT2D eigenvalue weighted by molar-refractivity contribution is 6.04. The molecule has 0 aliphatic heterocycles. The van der Waals surface area contributed by atoms with Gasteiger partial charge in [0, 0.05) is 29.6 Å². The average Bonchev–Trinajstić information content (AvgIpc) is 3.27. The van der Waals surface area contributed by atoms with Gasteiger partial charge in [0.25, 0.3) is 0 Å².